The Hall–Kier alpha value is -0.120. The maximum Gasteiger partial charge on any atom is 0.0125 e. The lowest BCUT2D eigenvalue weighted by atomic mass is 9.57. The van der Waals surface area contributed by atoms with Gasteiger partial charge >= 0.3 is 0 Å². The summed E-state index contributed by atoms with van der Waals surface area (Å²) in [7, 11) is 0. The monoisotopic (exact) mass is 293 g/mol. The van der Waals surface area contributed by atoms with Crippen molar-refractivity contribution in [2.75, 3.05) is 45.8 Å². The topological polar surface area (TPSA) is 9.72 Å². The second-order valence-corrected chi connectivity index (χ2v) is 9.23. The summed E-state index contributed by atoms with van der Waals surface area (Å²) < 4.78 is 0. The van der Waals surface area contributed by atoms with E-state index in [9.17, 15) is 0 Å². The molecular formula is C18H35N3. The van der Waals surface area contributed by atoms with Crippen molar-refractivity contribution in [3.63, 3.8) is 0 Å². The molecule has 3 aliphatic rings. The molecule has 21 heavy (non-hydrogen) atoms. The second-order valence-electron chi connectivity index (χ2n) is 9.23. The van der Waals surface area contributed by atoms with E-state index >= 15 is 0 Å². The Morgan fingerprint density at radius 1 is 1.00 bits per heavy atom. The van der Waals surface area contributed by atoms with Crippen LogP contribution in [0, 0.1) is 11.3 Å². The normalized spacial score (nSPS) is 28.9. The first-order chi connectivity index (χ1) is 9.77. The van der Waals surface area contributed by atoms with Crippen molar-refractivity contribution < 1.29 is 0 Å². The van der Waals surface area contributed by atoms with Crippen molar-refractivity contribution in [1.29, 1.82) is 0 Å². The fourth-order valence-electron chi connectivity index (χ4n) is 4.62. The Bertz CT molecular complexity index is 349. The zero-order valence-electron chi connectivity index (χ0n) is 14.9. The first kappa shape index (κ1) is 15.8. The minimum absolute atomic E-state index is 0.378. The molecule has 0 unspecified atom stereocenters. The molecule has 1 saturated carbocycles. The van der Waals surface area contributed by atoms with Gasteiger partial charge in [-0.2, -0.15) is 0 Å². The minimum atomic E-state index is 0.378. The summed E-state index contributed by atoms with van der Waals surface area (Å²) in [6, 6.07) is 0.720. The molecule has 3 fully saturated rings. The summed E-state index contributed by atoms with van der Waals surface area (Å²) in [5.74, 6) is 0.984. The fraction of sp³-hybridized carbons (Fsp3) is 1.00. The number of likely N-dealkylation sites (tertiary alicyclic amines) is 1. The van der Waals surface area contributed by atoms with Crippen LogP contribution in [0.1, 0.15) is 47.5 Å². The van der Waals surface area contributed by atoms with Crippen molar-refractivity contribution >= 4 is 0 Å². The van der Waals surface area contributed by atoms with Crippen molar-refractivity contribution in [1.82, 2.24) is 14.7 Å². The van der Waals surface area contributed by atoms with Gasteiger partial charge in [0.15, 0.2) is 0 Å². The van der Waals surface area contributed by atoms with E-state index in [1.54, 1.807) is 0 Å². The largest absolute Gasteiger partial charge is 0.301 e. The summed E-state index contributed by atoms with van der Waals surface area (Å²) in [6.45, 7) is 20.9. The van der Waals surface area contributed by atoms with E-state index in [0.29, 0.717) is 5.54 Å². The van der Waals surface area contributed by atoms with E-state index in [1.807, 2.05) is 0 Å². The van der Waals surface area contributed by atoms with Crippen LogP contribution in [0.3, 0.4) is 0 Å². The molecule has 0 bridgehead atoms. The lowest BCUT2D eigenvalue weighted by molar-refractivity contribution is -0.135. The molecule has 3 rings (SSSR count). The highest BCUT2D eigenvalue weighted by Gasteiger charge is 2.54. The Kier molecular flexibility index (Phi) is 4.13. The van der Waals surface area contributed by atoms with Crippen LogP contribution in [0.5, 0.6) is 0 Å². The van der Waals surface area contributed by atoms with Gasteiger partial charge in [0.1, 0.15) is 0 Å². The Morgan fingerprint density at radius 2 is 1.57 bits per heavy atom. The van der Waals surface area contributed by atoms with Gasteiger partial charge in [0, 0.05) is 57.4 Å². The Balaban J connectivity index is 1.35. The van der Waals surface area contributed by atoms with Gasteiger partial charge < -0.3 is 4.90 Å². The summed E-state index contributed by atoms with van der Waals surface area (Å²) in [6.07, 6.45) is 2.98. The highest BCUT2D eigenvalue weighted by Crippen LogP contribution is 2.53. The van der Waals surface area contributed by atoms with Crippen LogP contribution < -0.4 is 0 Å². The number of hydrogen-bond donors (Lipinski definition) is 0. The molecule has 1 aliphatic carbocycles. The lowest BCUT2D eigenvalue weighted by Crippen LogP contribution is -2.67. The van der Waals surface area contributed by atoms with Gasteiger partial charge in [0.2, 0.25) is 0 Å². The van der Waals surface area contributed by atoms with Crippen molar-refractivity contribution in [2.24, 2.45) is 11.3 Å². The van der Waals surface area contributed by atoms with E-state index < -0.39 is 0 Å². The third-order valence-corrected chi connectivity index (χ3v) is 6.10. The summed E-state index contributed by atoms with van der Waals surface area (Å²) in [5.41, 5.74) is 1.10. The molecule has 2 aliphatic heterocycles. The van der Waals surface area contributed by atoms with Crippen LogP contribution in [0.2, 0.25) is 0 Å². The van der Waals surface area contributed by atoms with Crippen LogP contribution in [-0.2, 0) is 0 Å². The predicted molar refractivity (Wildman–Crippen MR) is 89.6 cm³/mol. The van der Waals surface area contributed by atoms with E-state index in [0.717, 1.165) is 17.4 Å². The summed E-state index contributed by atoms with van der Waals surface area (Å²) in [4.78, 5) is 7.99. The van der Waals surface area contributed by atoms with E-state index in [2.05, 4.69) is 49.3 Å². The average Bonchev–Trinajstić information content (AvgIpc) is 2.29. The summed E-state index contributed by atoms with van der Waals surface area (Å²) in [5, 5.41) is 0. The van der Waals surface area contributed by atoms with Crippen molar-refractivity contribution in [3.8, 4) is 0 Å². The molecule has 0 amide bonds. The summed E-state index contributed by atoms with van der Waals surface area (Å²) >= 11 is 0. The Morgan fingerprint density at radius 3 is 2.05 bits per heavy atom. The van der Waals surface area contributed by atoms with E-state index in [1.165, 1.54) is 58.7 Å². The molecule has 0 N–H and O–H groups in total. The van der Waals surface area contributed by atoms with Gasteiger partial charge in [-0.25, -0.2) is 0 Å². The van der Waals surface area contributed by atoms with Gasteiger partial charge in [-0.05, 0) is 58.8 Å². The maximum absolute atomic E-state index is 2.72. The third-order valence-electron chi connectivity index (χ3n) is 6.10. The van der Waals surface area contributed by atoms with Gasteiger partial charge in [0.25, 0.3) is 0 Å². The molecule has 0 radical (unpaired) electrons. The standard InChI is InChI=1S/C18H35N3/c1-15(2)20-8-6-19(7-9-20)12-16-10-18(11-16)13-21(14-18)17(3,4)5/h15-16H,6-14H2,1-5H3. The quantitative estimate of drug-likeness (QED) is 0.792. The number of nitrogens with zero attached hydrogens (tertiary/aromatic N) is 3. The first-order valence-corrected chi connectivity index (χ1v) is 8.99. The van der Waals surface area contributed by atoms with Crippen LogP contribution in [0.15, 0.2) is 0 Å². The van der Waals surface area contributed by atoms with Crippen LogP contribution in [0.25, 0.3) is 0 Å². The average molecular weight is 293 g/mol. The molecule has 2 heterocycles. The molecule has 3 heteroatoms. The first-order valence-electron chi connectivity index (χ1n) is 8.99. The number of hydrogen-bond acceptors (Lipinski definition) is 3. The fourth-order valence-corrected chi connectivity index (χ4v) is 4.62. The molecule has 0 aromatic carbocycles. The zero-order valence-corrected chi connectivity index (χ0v) is 14.9. The number of piperazine rings is 1. The molecule has 0 aromatic heterocycles. The van der Waals surface area contributed by atoms with E-state index in [4.69, 9.17) is 0 Å². The molecule has 3 nitrogen and oxygen atoms in total. The molecule has 2 saturated heterocycles. The highest BCUT2D eigenvalue weighted by atomic mass is 15.3. The van der Waals surface area contributed by atoms with Gasteiger partial charge in [-0.3, -0.25) is 9.80 Å². The molecule has 0 aromatic rings. The van der Waals surface area contributed by atoms with E-state index in [-0.39, 0.29) is 0 Å². The third kappa shape index (κ3) is 3.30. The van der Waals surface area contributed by atoms with Gasteiger partial charge in [0.05, 0.1) is 0 Å². The zero-order chi connectivity index (χ0) is 15.3. The molecular weight excluding hydrogens is 258 g/mol. The van der Waals surface area contributed by atoms with Crippen LogP contribution >= 0.6 is 0 Å². The lowest BCUT2D eigenvalue weighted by Gasteiger charge is -2.63. The Labute approximate surface area is 131 Å². The second kappa shape index (κ2) is 5.50. The predicted octanol–water partition coefficient (Wildman–Crippen LogP) is 2.52. The van der Waals surface area contributed by atoms with Crippen molar-refractivity contribution in [2.45, 2.75) is 59.0 Å². The number of rotatable bonds is 3. The van der Waals surface area contributed by atoms with Crippen LogP contribution in [0.4, 0.5) is 0 Å². The van der Waals surface area contributed by atoms with Gasteiger partial charge in [-0.1, -0.05) is 0 Å². The maximum atomic E-state index is 2.72. The SMILES string of the molecule is CC(C)N1CCN(CC2CC3(C2)CN(C(C)(C)C)C3)CC1. The minimum Gasteiger partial charge on any atom is -0.301 e. The van der Waals surface area contributed by atoms with Gasteiger partial charge in [-0.15, -0.1) is 0 Å². The smallest absolute Gasteiger partial charge is 0.0125 e. The highest BCUT2D eigenvalue weighted by molar-refractivity contribution is 5.07. The molecule has 0 atom stereocenters. The van der Waals surface area contributed by atoms with Crippen molar-refractivity contribution in [3.05, 3.63) is 0 Å². The molecule has 1 spiro atoms. The molecule has 122 valence electrons. The van der Waals surface area contributed by atoms with Crippen LogP contribution in [-0.4, -0.2) is 72.1 Å².